The molecule has 1 fully saturated rings. The molecule has 3 aromatic carbocycles. The largest absolute Gasteiger partial charge is 0.507 e. The Balaban J connectivity index is 1.59. The van der Waals surface area contributed by atoms with Gasteiger partial charge in [0.1, 0.15) is 5.76 Å². The number of halogens is 2. The molecule has 1 amide bonds. The molecule has 5 rings (SSSR count). The maximum atomic E-state index is 13.7. The summed E-state index contributed by atoms with van der Waals surface area (Å²) in [6.07, 6.45) is 0. The SMILES string of the molecule is CCOc1ccc(C2/C(=C(\O)c3cc(C)ccc3C)C(=O)C(=O)N2c2nnc(SCc3ccc(Cl)cc3Cl)s2)cc1OC. The fraction of sp³-hybridized carbons (Fsp3) is 0.226. The summed E-state index contributed by atoms with van der Waals surface area (Å²) in [7, 11) is 1.51. The van der Waals surface area contributed by atoms with Crippen molar-refractivity contribution in [3.05, 3.63) is 98.0 Å². The normalized spacial score (nSPS) is 16.1. The van der Waals surface area contributed by atoms with Gasteiger partial charge in [-0.15, -0.1) is 10.2 Å². The summed E-state index contributed by atoms with van der Waals surface area (Å²) in [5.74, 6) is -0.487. The molecule has 2 heterocycles. The second kappa shape index (κ2) is 13.0. The van der Waals surface area contributed by atoms with Crippen molar-refractivity contribution < 1.29 is 24.2 Å². The third kappa shape index (κ3) is 6.24. The number of ketones is 1. The minimum Gasteiger partial charge on any atom is -0.507 e. The Morgan fingerprint density at radius 2 is 1.84 bits per heavy atom. The first kappa shape index (κ1) is 30.9. The van der Waals surface area contributed by atoms with Crippen LogP contribution >= 0.6 is 46.3 Å². The number of anilines is 1. The van der Waals surface area contributed by atoms with Gasteiger partial charge in [0.25, 0.3) is 5.78 Å². The van der Waals surface area contributed by atoms with E-state index in [4.69, 9.17) is 32.7 Å². The van der Waals surface area contributed by atoms with E-state index in [2.05, 4.69) is 10.2 Å². The van der Waals surface area contributed by atoms with Crippen molar-refractivity contribution in [3.63, 3.8) is 0 Å². The van der Waals surface area contributed by atoms with E-state index in [1.54, 1.807) is 36.4 Å². The molecule has 1 aliphatic rings. The number of thioether (sulfide) groups is 1. The standard InChI is InChI=1S/C31H27Cl2N3O5S2/c1-5-41-23-11-9-18(13-24(23)40-4)26-25(27(37)21-12-16(2)6-7-17(21)3)28(38)29(39)36(26)30-34-35-31(43-30)42-15-19-8-10-20(32)14-22(19)33/h6-14,26,37H,5,15H2,1-4H3/b27-25+. The van der Waals surface area contributed by atoms with Crippen molar-refractivity contribution >= 4 is 68.9 Å². The van der Waals surface area contributed by atoms with Crippen molar-refractivity contribution in [2.75, 3.05) is 18.6 Å². The van der Waals surface area contributed by atoms with Crippen LogP contribution in [0.5, 0.6) is 11.5 Å². The average molecular weight is 657 g/mol. The lowest BCUT2D eigenvalue weighted by atomic mass is 9.93. The van der Waals surface area contributed by atoms with E-state index in [9.17, 15) is 14.7 Å². The highest BCUT2D eigenvalue weighted by atomic mass is 35.5. The number of hydrogen-bond acceptors (Lipinski definition) is 9. The number of amides is 1. The molecule has 1 atom stereocenters. The summed E-state index contributed by atoms with van der Waals surface area (Å²) >= 11 is 14.9. The number of hydrogen-bond donors (Lipinski definition) is 1. The van der Waals surface area contributed by atoms with Crippen LogP contribution in [0, 0.1) is 13.8 Å². The molecular formula is C31H27Cl2N3O5S2. The number of aryl methyl sites for hydroxylation is 2. The fourth-order valence-electron chi connectivity index (χ4n) is 4.75. The van der Waals surface area contributed by atoms with Crippen molar-refractivity contribution in [2.45, 2.75) is 36.9 Å². The number of carbonyl (C=O) groups excluding carboxylic acids is 2. The summed E-state index contributed by atoms with van der Waals surface area (Å²) in [6, 6.07) is 15.0. The zero-order valence-corrected chi connectivity index (χ0v) is 26.8. The number of aliphatic hydroxyl groups is 1. The first-order chi connectivity index (χ1) is 20.6. The lowest BCUT2D eigenvalue weighted by Crippen LogP contribution is -2.29. The van der Waals surface area contributed by atoms with Gasteiger partial charge in [-0.2, -0.15) is 0 Å². The lowest BCUT2D eigenvalue weighted by molar-refractivity contribution is -0.132. The van der Waals surface area contributed by atoms with Gasteiger partial charge in [0.2, 0.25) is 5.13 Å². The van der Waals surface area contributed by atoms with Crippen molar-refractivity contribution in [2.24, 2.45) is 0 Å². The summed E-state index contributed by atoms with van der Waals surface area (Å²) in [5.41, 5.74) is 3.46. The number of aliphatic hydroxyl groups excluding tert-OH is 1. The summed E-state index contributed by atoms with van der Waals surface area (Å²) in [6.45, 7) is 6.01. The zero-order valence-electron chi connectivity index (χ0n) is 23.7. The highest BCUT2D eigenvalue weighted by molar-refractivity contribution is 8.00. The quantitative estimate of drug-likeness (QED) is 0.0641. The topological polar surface area (TPSA) is 102 Å². The molecule has 0 radical (unpaired) electrons. The number of rotatable bonds is 9. The second-order valence-corrected chi connectivity index (χ2v) is 12.7. The predicted octanol–water partition coefficient (Wildman–Crippen LogP) is 7.79. The molecule has 0 aliphatic carbocycles. The van der Waals surface area contributed by atoms with Gasteiger partial charge in [-0.05, 0) is 67.8 Å². The number of benzene rings is 3. The Bertz CT molecular complexity index is 1760. The van der Waals surface area contributed by atoms with E-state index >= 15 is 0 Å². The van der Waals surface area contributed by atoms with Crippen LogP contribution in [-0.4, -0.2) is 40.7 Å². The average Bonchev–Trinajstić information content (AvgIpc) is 3.55. The van der Waals surface area contributed by atoms with Gasteiger partial charge in [0.05, 0.1) is 25.3 Å². The molecule has 0 saturated carbocycles. The van der Waals surface area contributed by atoms with Gasteiger partial charge in [0, 0.05) is 21.4 Å². The maximum Gasteiger partial charge on any atom is 0.301 e. The van der Waals surface area contributed by atoms with E-state index in [1.165, 1.54) is 23.8 Å². The van der Waals surface area contributed by atoms with Crippen LogP contribution in [0.1, 0.15) is 40.8 Å². The molecule has 1 unspecified atom stereocenters. The van der Waals surface area contributed by atoms with Crippen LogP contribution in [0.3, 0.4) is 0 Å². The first-order valence-electron chi connectivity index (χ1n) is 13.2. The van der Waals surface area contributed by atoms with Crippen LogP contribution in [-0.2, 0) is 15.3 Å². The Kier molecular flexibility index (Phi) is 9.31. The van der Waals surface area contributed by atoms with Gasteiger partial charge in [-0.3, -0.25) is 14.5 Å². The molecule has 1 N–H and O–H groups in total. The van der Waals surface area contributed by atoms with Crippen molar-refractivity contribution in [1.82, 2.24) is 10.2 Å². The van der Waals surface area contributed by atoms with Crippen molar-refractivity contribution in [1.29, 1.82) is 0 Å². The maximum absolute atomic E-state index is 13.7. The molecule has 222 valence electrons. The molecule has 8 nitrogen and oxygen atoms in total. The van der Waals surface area contributed by atoms with Crippen LogP contribution in [0.25, 0.3) is 5.76 Å². The Labute approximate surface area is 267 Å². The third-order valence-corrected chi connectivity index (χ3v) is 9.56. The van der Waals surface area contributed by atoms with Gasteiger partial charge < -0.3 is 14.6 Å². The molecule has 4 aromatic rings. The van der Waals surface area contributed by atoms with Gasteiger partial charge in [-0.25, -0.2) is 0 Å². The van der Waals surface area contributed by atoms with Crippen LogP contribution < -0.4 is 14.4 Å². The number of methoxy groups -OCH3 is 1. The van der Waals surface area contributed by atoms with E-state index in [0.29, 0.717) is 49.4 Å². The van der Waals surface area contributed by atoms with E-state index in [-0.39, 0.29) is 16.5 Å². The zero-order chi connectivity index (χ0) is 30.8. The minimum atomic E-state index is -0.999. The number of carbonyl (C=O) groups is 2. The highest BCUT2D eigenvalue weighted by Crippen LogP contribution is 2.46. The Hall–Kier alpha value is -3.57. The molecule has 12 heteroatoms. The monoisotopic (exact) mass is 655 g/mol. The predicted molar refractivity (Wildman–Crippen MR) is 171 cm³/mol. The second-order valence-electron chi connectivity index (χ2n) is 9.71. The lowest BCUT2D eigenvalue weighted by Gasteiger charge is -2.23. The van der Waals surface area contributed by atoms with E-state index in [1.807, 2.05) is 39.0 Å². The fourth-order valence-corrected chi connectivity index (χ4v) is 7.17. The minimum absolute atomic E-state index is 0.0535. The van der Waals surface area contributed by atoms with Crippen molar-refractivity contribution in [3.8, 4) is 11.5 Å². The van der Waals surface area contributed by atoms with E-state index < -0.39 is 17.7 Å². The highest BCUT2D eigenvalue weighted by Gasteiger charge is 2.48. The molecule has 1 aliphatic heterocycles. The van der Waals surface area contributed by atoms with E-state index in [0.717, 1.165) is 28.0 Å². The molecule has 1 aromatic heterocycles. The molecular weight excluding hydrogens is 629 g/mol. The number of Topliss-reactive ketones (excluding diaryl/α,β-unsaturated/α-hetero) is 1. The Morgan fingerprint density at radius 1 is 1.05 bits per heavy atom. The molecule has 0 bridgehead atoms. The first-order valence-corrected chi connectivity index (χ1v) is 15.8. The number of aromatic nitrogens is 2. The number of ether oxygens (including phenoxy) is 2. The number of nitrogens with zero attached hydrogens (tertiary/aromatic N) is 3. The van der Waals surface area contributed by atoms with Crippen LogP contribution in [0.2, 0.25) is 10.0 Å². The Morgan fingerprint density at radius 3 is 2.56 bits per heavy atom. The smallest absolute Gasteiger partial charge is 0.301 e. The van der Waals surface area contributed by atoms with Crippen LogP contribution in [0.4, 0.5) is 5.13 Å². The van der Waals surface area contributed by atoms with Crippen LogP contribution in [0.15, 0.2) is 64.5 Å². The van der Waals surface area contributed by atoms with Gasteiger partial charge >= 0.3 is 5.91 Å². The molecule has 0 spiro atoms. The molecule has 1 saturated heterocycles. The summed E-state index contributed by atoms with van der Waals surface area (Å²) < 4.78 is 11.8. The summed E-state index contributed by atoms with van der Waals surface area (Å²) in [4.78, 5) is 28.6. The summed E-state index contributed by atoms with van der Waals surface area (Å²) in [5, 5.41) is 21.4. The van der Waals surface area contributed by atoms with Gasteiger partial charge in [-0.1, -0.05) is 76.1 Å². The van der Waals surface area contributed by atoms with Gasteiger partial charge in [0.15, 0.2) is 15.8 Å². The third-order valence-electron chi connectivity index (χ3n) is 6.86. The molecule has 43 heavy (non-hydrogen) atoms.